The Labute approximate surface area is 183 Å². The van der Waals surface area contributed by atoms with Gasteiger partial charge in [0.2, 0.25) is 0 Å². The Hall–Kier alpha value is -2.54. The SMILES string of the molecule is CCN[SH]1(=O)N[C@@H](CC(C)C)CCc2c1cn(C)c2C(=O)Nc1ccc(F)c(C#N)c1. The molecule has 0 saturated carbocycles. The molecule has 0 fully saturated rings. The maximum Gasteiger partial charge on any atom is 0.272 e. The molecule has 0 bridgehead atoms. The van der Waals surface area contributed by atoms with E-state index in [1.807, 2.05) is 6.92 Å². The summed E-state index contributed by atoms with van der Waals surface area (Å²) in [4.78, 5) is 13.8. The maximum atomic E-state index is 13.9. The lowest BCUT2D eigenvalue weighted by molar-refractivity contribution is 0.101. The molecular weight excluding hydrogens is 417 g/mol. The standard InChI is InChI=1S/C22H30FN5O2S/c1-5-25-31(30)20-13-28(4)21(18(20)8-6-17(27-31)10-14(2)3)22(29)26-16-7-9-19(23)15(11-16)12-24/h7,9,11,13-14,17,31H,5-6,8,10H2,1-4H3,(H,26,29)(H2,25,27,30)/t17-/m1/s1. The van der Waals surface area contributed by atoms with Crippen LogP contribution in [0.15, 0.2) is 29.3 Å². The molecular formula is C22H30FN5O2S. The Kier molecular flexibility index (Phi) is 6.94. The van der Waals surface area contributed by atoms with Crippen molar-refractivity contribution < 1.29 is 13.4 Å². The summed E-state index contributed by atoms with van der Waals surface area (Å²) in [6.45, 7) is 6.70. The van der Waals surface area contributed by atoms with Gasteiger partial charge in [-0.3, -0.25) is 9.00 Å². The van der Waals surface area contributed by atoms with Gasteiger partial charge in [0.1, 0.15) is 17.6 Å². The molecule has 0 unspecified atom stereocenters. The van der Waals surface area contributed by atoms with Crippen LogP contribution < -0.4 is 14.8 Å². The second-order valence-electron chi connectivity index (χ2n) is 8.33. The van der Waals surface area contributed by atoms with Crippen molar-refractivity contribution in [1.29, 1.82) is 5.26 Å². The van der Waals surface area contributed by atoms with Crippen molar-refractivity contribution in [2.75, 3.05) is 11.9 Å². The van der Waals surface area contributed by atoms with Gasteiger partial charge in [0, 0.05) is 41.8 Å². The van der Waals surface area contributed by atoms with Crippen LogP contribution in [-0.2, 0) is 23.8 Å². The minimum Gasteiger partial charge on any atom is -0.345 e. The second kappa shape index (κ2) is 9.30. The quantitative estimate of drug-likeness (QED) is 0.512. The van der Waals surface area contributed by atoms with E-state index in [0.717, 1.165) is 24.5 Å². The van der Waals surface area contributed by atoms with Crippen LogP contribution in [0.3, 0.4) is 0 Å². The third kappa shape index (κ3) is 4.87. The molecule has 1 aromatic carbocycles. The average Bonchev–Trinajstić information content (AvgIpc) is 2.98. The van der Waals surface area contributed by atoms with Crippen LogP contribution in [0.4, 0.5) is 10.1 Å². The topological polar surface area (TPSA) is 98.9 Å². The lowest BCUT2D eigenvalue weighted by atomic mass is 9.98. The van der Waals surface area contributed by atoms with E-state index in [0.29, 0.717) is 35.2 Å². The third-order valence-electron chi connectivity index (χ3n) is 5.41. The molecule has 9 heteroatoms. The number of carbonyl (C=O) groups excluding carboxylic acids is 1. The lowest BCUT2D eigenvalue weighted by Crippen LogP contribution is -2.48. The number of aryl methyl sites for hydroxylation is 1. The summed E-state index contributed by atoms with van der Waals surface area (Å²) in [6.07, 6.45) is 4.02. The molecule has 1 atom stereocenters. The number of hydrogen-bond donors (Lipinski definition) is 4. The molecule has 0 radical (unpaired) electrons. The van der Waals surface area contributed by atoms with Crippen LogP contribution in [0.2, 0.25) is 0 Å². The van der Waals surface area contributed by atoms with Crippen molar-refractivity contribution in [3.8, 4) is 6.07 Å². The highest BCUT2D eigenvalue weighted by Crippen LogP contribution is 2.31. The number of nitrogens with one attached hydrogen (secondary N) is 3. The fourth-order valence-electron chi connectivity index (χ4n) is 4.16. The Morgan fingerprint density at radius 1 is 1.45 bits per heavy atom. The highest BCUT2D eigenvalue weighted by atomic mass is 32.3. The zero-order valence-corrected chi connectivity index (χ0v) is 19.2. The summed E-state index contributed by atoms with van der Waals surface area (Å²) in [7, 11) is -1.35. The monoisotopic (exact) mass is 447 g/mol. The Balaban J connectivity index is 1.98. The fraction of sp³-hybridized carbons (Fsp3) is 0.455. The van der Waals surface area contributed by atoms with Crippen molar-refractivity contribution in [3.63, 3.8) is 0 Å². The smallest absolute Gasteiger partial charge is 0.272 e. The van der Waals surface area contributed by atoms with Crippen LogP contribution in [0.5, 0.6) is 0 Å². The first-order valence-corrected chi connectivity index (χ1v) is 12.2. The highest BCUT2D eigenvalue weighted by molar-refractivity contribution is 7.99. The summed E-state index contributed by atoms with van der Waals surface area (Å²) in [5.74, 6) is -0.571. The molecule has 0 aliphatic carbocycles. The average molecular weight is 448 g/mol. The maximum absolute atomic E-state index is 13.9. The summed E-state index contributed by atoms with van der Waals surface area (Å²) >= 11 is 0. The third-order valence-corrected chi connectivity index (χ3v) is 7.96. The van der Waals surface area contributed by atoms with Gasteiger partial charge >= 0.3 is 0 Å². The van der Waals surface area contributed by atoms with Gasteiger partial charge in [-0.05, 0) is 48.9 Å². The molecule has 1 aromatic heterocycles. The van der Waals surface area contributed by atoms with Crippen LogP contribution in [-0.4, -0.2) is 27.3 Å². The number of hydrogen-bond acceptors (Lipinski definition) is 3. The van der Waals surface area contributed by atoms with E-state index in [1.54, 1.807) is 23.9 Å². The number of anilines is 1. The number of carbonyl (C=O) groups is 1. The minimum absolute atomic E-state index is 0.0776. The molecule has 3 rings (SSSR count). The zero-order valence-electron chi connectivity index (χ0n) is 18.3. The van der Waals surface area contributed by atoms with Gasteiger partial charge in [0.25, 0.3) is 5.91 Å². The van der Waals surface area contributed by atoms with Crippen molar-refractivity contribution in [2.24, 2.45) is 13.0 Å². The zero-order chi connectivity index (χ0) is 22.8. The number of halogens is 1. The normalized spacial score (nSPS) is 18.7. The van der Waals surface area contributed by atoms with E-state index in [4.69, 9.17) is 5.26 Å². The molecule has 3 N–H and O–H groups in total. The van der Waals surface area contributed by atoms with Gasteiger partial charge in [-0.1, -0.05) is 20.8 Å². The van der Waals surface area contributed by atoms with Crippen LogP contribution in [0, 0.1) is 23.1 Å². The fourth-order valence-corrected chi connectivity index (χ4v) is 6.69. The van der Waals surface area contributed by atoms with Gasteiger partial charge in [-0.15, -0.1) is 0 Å². The van der Waals surface area contributed by atoms with Gasteiger partial charge in [0.15, 0.2) is 0 Å². The van der Waals surface area contributed by atoms with E-state index in [9.17, 15) is 13.4 Å². The molecule has 1 aliphatic rings. The molecule has 168 valence electrons. The van der Waals surface area contributed by atoms with Gasteiger partial charge in [-0.25, -0.2) is 13.8 Å². The number of thiol groups is 1. The molecule has 2 heterocycles. The van der Waals surface area contributed by atoms with Crippen molar-refractivity contribution in [3.05, 3.63) is 47.0 Å². The van der Waals surface area contributed by atoms with Crippen molar-refractivity contribution in [1.82, 2.24) is 14.0 Å². The van der Waals surface area contributed by atoms with E-state index in [-0.39, 0.29) is 17.5 Å². The number of benzene rings is 1. The number of rotatable bonds is 6. The van der Waals surface area contributed by atoms with Crippen LogP contribution in [0.1, 0.15) is 55.2 Å². The molecule has 2 aromatic rings. The Bertz CT molecular complexity index is 1070. The number of fused-ring (bicyclic) bond motifs is 1. The first-order chi connectivity index (χ1) is 14.7. The van der Waals surface area contributed by atoms with Crippen molar-refractivity contribution >= 4 is 21.9 Å². The number of aromatic nitrogens is 1. The molecule has 0 spiro atoms. The summed E-state index contributed by atoms with van der Waals surface area (Å²) in [5, 5.41) is 11.8. The van der Waals surface area contributed by atoms with E-state index < -0.39 is 16.1 Å². The molecule has 1 amide bonds. The molecule has 0 saturated heterocycles. The van der Waals surface area contributed by atoms with Gasteiger partial charge in [0.05, 0.1) is 10.5 Å². The summed E-state index contributed by atoms with van der Waals surface area (Å²) in [5.41, 5.74) is 1.37. The molecule has 7 nitrogen and oxygen atoms in total. The van der Waals surface area contributed by atoms with E-state index in [1.165, 1.54) is 12.1 Å². The molecule has 1 aliphatic heterocycles. The molecule has 31 heavy (non-hydrogen) atoms. The Morgan fingerprint density at radius 2 is 2.19 bits per heavy atom. The number of nitrogens with zero attached hydrogens (tertiary/aromatic N) is 2. The second-order valence-corrected chi connectivity index (χ2v) is 10.6. The van der Waals surface area contributed by atoms with Crippen LogP contribution >= 0.6 is 0 Å². The first-order valence-electron chi connectivity index (χ1n) is 10.5. The Morgan fingerprint density at radius 3 is 2.84 bits per heavy atom. The van der Waals surface area contributed by atoms with E-state index in [2.05, 4.69) is 28.6 Å². The highest BCUT2D eigenvalue weighted by Gasteiger charge is 2.33. The van der Waals surface area contributed by atoms with Gasteiger partial charge < -0.3 is 9.88 Å². The van der Waals surface area contributed by atoms with Gasteiger partial charge in [-0.2, -0.15) is 5.26 Å². The largest absolute Gasteiger partial charge is 0.345 e. The predicted octanol–water partition coefficient (Wildman–Crippen LogP) is 3.05. The van der Waals surface area contributed by atoms with E-state index >= 15 is 0 Å². The van der Waals surface area contributed by atoms with Crippen LogP contribution in [0.25, 0.3) is 0 Å². The predicted molar refractivity (Wildman–Crippen MR) is 121 cm³/mol. The summed E-state index contributed by atoms with van der Waals surface area (Å²) in [6, 6.07) is 5.72. The summed E-state index contributed by atoms with van der Waals surface area (Å²) < 4.78 is 35.7. The minimum atomic E-state index is -3.10. The number of amides is 1. The first kappa shape index (κ1) is 23.1. The lowest BCUT2D eigenvalue weighted by Gasteiger charge is -2.29. The van der Waals surface area contributed by atoms with Crippen molar-refractivity contribution in [2.45, 2.75) is 51.0 Å². The number of nitriles is 1.